The van der Waals surface area contributed by atoms with E-state index in [4.69, 9.17) is 23.2 Å². The molecule has 2 aromatic heterocycles. The van der Waals surface area contributed by atoms with Crippen molar-refractivity contribution in [3.63, 3.8) is 0 Å². The minimum absolute atomic E-state index is 0.430. The second-order valence-electron chi connectivity index (χ2n) is 4.71. The third kappa shape index (κ3) is 2.58. The first-order valence-electron chi connectivity index (χ1n) is 6.44. The van der Waals surface area contributed by atoms with E-state index in [0.717, 1.165) is 34.2 Å². The summed E-state index contributed by atoms with van der Waals surface area (Å²) in [6, 6.07) is 10.3. The molecule has 0 saturated heterocycles. The Morgan fingerprint density at radius 1 is 1.25 bits per heavy atom. The van der Waals surface area contributed by atoms with Crippen molar-refractivity contribution in [3.8, 4) is 0 Å². The Hall–Kier alpha value is -1.03. The maximum absolute atomic E-state index is 6.04. The van der Waals surface area contributed by atoms with E-state index in [1.54, 1.807) is 11.3 Å². The highest BCUT2D eigenvalue weighted by Gasteiger charge is 2.11. The Balaban J connectivity index is 1.95. The van der Waals surface area contributed by atoms with Gasteiger partial charge in [0.1, 0.15) is 5.82 Å². The Bertz CT molecular complexity index is 745. The normalized spacial score (nSPS) is 11.3. The van der Waals surface area contributed by atoms with Gasteiger partial charge in [-0.3, -0.25) is 0 Å². The fourth-order valence-corrected chi connectivity index (χ4v) is 3.68. The van der Waals surface area contributed by atoms with Crippen LogP contribution in [-0.4, -0.2) is 9.55 Å². The number of para-hydroxylation sites is 1. The van der Waals surface area contributed by atoms with Crippen molar-refractivity contribution < 1.29 is 0 Å². The first-order chi connectivity index (χ1) is 9.69. The Morgan fingerprint density at radius 2 is 2.10 bits per heavy atom. The highest BCUT2D eigenvalue weighted by Crippen LogP contribution is 2.24. The largest absolute Gasteiger partial charge is 0.327 e. The van der Waals surface area contributed by atoms with Crippen molar-refractivity contribution in [2.24, 2.45) is 0 Å². The summed E-state index contributed by atoms with van der Waals surface area (Å²) in [5, 5.41) is 0. The molecule has 1 aromatic carbocycles. The van der Waals surface area contributed by atoms with Gasteiger partial charge in [-0.05, 0) is 37.1 Å². The number of aromatic nitrogens is 2. The first-order valence-corrected chi connectivity index (χ1v) is 8.17. The van der Waals surface area contributed by atoms with E-state index >= 15 is 0 Å². The number of halogens is 2. The van der Waals surface area contributed by atoms with Crippen LogP contribution in [0.25, 0.3) is 11.0 Å². The van der Waals surface area contributed by atoms with Crippen LogP contribution in [0.1, 0.15) is 16.3 Å². The smallest absolute Gasteiger partial charge is 0.124 e. The van der Waals surface area contributed by atoms with Crippen molar-refractivity contribution in [3.05, 3.63) is 50.9 Å². The van der Waals surface area contributed by atoms with Crippen LogP contribution in [0.4, 0.5) is 0 Å². The van der Waals surface area contributed by atoms with E-state index in [1.165, 1.54) is 10.4 Å². The number of thiophene rings is 1. The van der Waals surface area contributed by atoms with Gasteiger partial charge in [0, 0.05) is 11.4 Å². The molecule has 0 radical (unpaired) electrons. The van der Waals surface area contributed by atoms with Gasteiger partial charge in [-0.2, -0.15) is 0 Å². The summed E-state index contributed by atoms with van der Waals surface area (Å²) in [6.45, 7) is 2.95. The van der Waals surface area contributed by atoms with Crippen LogP contribution in [0, 0.1) is 6.92 Å². The van der Waals surface area contributed by atoms with Crippen LogP contribution in [0.2, 0.25) is 4.34 Å². The molecule has 5 heteroatoms. The van der Waals surface area contributed by atoms with Gasteiger partial charge in [0.05, 0.1) is 21.2 Å². The molecule has 0 spiro atoms. The van der Waals surface area contributed by atoms with Crippen molar-refractivity contribution in [2.75, 3.05) is 0 Å². The molecule has 2 nitrogen and oxygen atoms in total. The van der Waals surface area contributed by atoms with Crippen LogP contribution < -0.4 is 0 Å². The van der Waals surface area contributed by atoms with Gasteiger partial charge in [0.25, 0.3) is 0 Å². The molecule has 0 aliphatic heterocycles. The minimum Gasteiger partial charge on any atom is -0.327 e. The van der Waals surface area contributed by atoms with Crippen LogP contribution in [0.15, 0.2) is 30.3 Å². The third-order valence-electron chi connectivity index (χ3n) is 3.39. The molecule has 0 fully saturated rings. The quantitative estimate of drug-likeness (QED) is 0.614. The van der Waals surface area contributed by atoms with E-state index in [2.05, 4.69) is 40.7 Å². The van der Waals surface area contributed by atoms with Crippen molar-refractivity contribution in [2.45, 2.75) is 25.8 Å². The van der Waals surface area contributed by atoms with Crippen LogP contribution >= 0.6 is 34.5 Å². The third-order valence-corrected chi connectivity index (χ3v) is 4.92. The molecular formula is C15H14Cl2N2S. The predicted octanol–water partition coefficient (Wildman–Crippen LogP) is 5.04. The topological polar surface area (TPSA) is 17.8 Å². The number of nitrogens with zero attached hydrogens (tertiary/aromatic N) is 2. The summed E-state index contributed by atoms with van der Waals surface area (Å²) in [5.74, 6) is 1.36. The number of aryl methyl sites for hydroxylation is 3. The zero-order chi connectivity index (χ0) is 14.1. The maximum atomic E-state index is 6.04. The number of fused-ring (bicyclic) bond motifs is 1. The molecule has 20 heavy (non-hydrogen) atoms. The van der Waals surface area contributed by atoms with Crippen molar-refractivity contribution in [1.29, 1.82) is 0 Å². The number of alkyl halides is 1. The summed E-state index contributed by atoms with van der Waals surface area (Å²) in [5.41, 5.74) is 3.39. The van der Waals surface area contributed by atoms with Gasteiger partial charge in [-0.1, -0.05) is 23.7 Å². The molecular weight excluding hydrogens is 311 g/mol. The first kappa shape index (κ1) is 13.9. The number of benzene rings is 1. The molecule has 0 aliphatic rings. The molecule has 0 aliphatic carbocycles. The summed E-state index contributed by atoms with van der Waals surface area (Å²) in [7, 11) is 0. The number of imidazole rings is 1. The molecule has 3 rings (SSSR count). The minimum atomic E-state index is 0.430. The number of rotatable bonds is 4. The summed E-state index contributed by atoms with van der Waals surface area (Å²) < 4.78 is 3.05. The molecule has 0 unspecified atom stereocenters. The second kappa shape index (κ2) is 5.76. The lowest BCUT2D eigenvalue weighted by Crippen LogP contribution is -2.04. The average molecular weight is 325 g/mol. The lowest BCUT2D eigenvalue weighted by Gasteiger charge is -2.06. The van der Waals surface area contributed by atoms with Crippen LogP contribution in [-0.2, 0) is 18.8 Å². The molecule has 0 atom stereocenters. The molecule has 3 aromatic rings. The number of hydrogen-bond acceptors (Lipinski definition) is 2. The molecule has 0 amide bonds. The molecule has 104 valence electrons. The van der Waals surface area contributed by atoms with Gasteiger partial charge < -0.3 is 4.57 Å². The molecule has 0 N–H and O–H groups in total. The lowest BCUT2D eigenvalue weighted by molar-refractivity contribution is 0.693. The number of hydrogen-bond donors (Lipinski definition) is 0. The van der Waals surface area contributed by atoms with Gasteiger partial charge >= 0.3 is 0 Å². The van der Waals surface area contributed by atoms with Crippen LogP contribution in [0.3, 0.4) is 0 Å². The zero-order valence-corrected chi connectivity index (χ0v) is 13.4. The zero-order valence-electron chi connectivity index (χ0n) is 11.1. The highest BCUT2D eigenvalue weighted by atomic mass is 35.5. The van der Waals surface area contributed by atoms with Crippen LogP contribution in [0.5, 0.6) is 0 Å². The van der Waals surface area contributed by atoms with E-state index < -0.39 is 0 Å². The summed E-state index contributed by atoms with van der Waals surface area (Å²) >= 11 is 13.6. The van der Waals surface area contributed by atoms with Gasteiger partial charge in [0.2, 0.25) is 0 Å². The highest BCUT2D eigenvalue weighted by molar-refractivity contribution is 7.16. The lowest BCUT2D eigenvalue weighted by atomic mass is 10.2. The van der Waals surface area contributed by atoms with Gasteiger partial charge in [-0.15, -0.1) is 22.9 Å². The van der Waals surface area contributed by atoms with Gasteiger partial charge in [-0.25, -0.2) is 4.98 Å². The summed E-state index contributed by atoms with van der Waals surface area (Å²) in [4.78, 5) is 5.94. The SMILES string of the molecule is Cc1cccc2c1nc(CCl)n2CCc1ccc(Cl)s1. The predicted molar refractivity (Wildman–Crippen MR) is 87.1 cm³/mol. The molecule has 0 bridgehead atoms. The van der Waals surface area contributed by atoms with E-state index in [-0.39, 0.29) is 0 Å². The average Bonchev–Trinajstić information content (AvgIpc) is 3.01. The van der Waals surface area contributed by atoms with E-state index in [9.17, 15) is 0 Å². The fraction of sp³-hybridized carbons (Fsp3) is 0.267. The Kier molecular flexibility index (Phi) is 4.01. The van der Waals surface area contributed by atoms with Crippen molar-refractivity contribution in [1.82, 2.24) is 9.55 Å². The molecule has 0 saturated carbocycles. The Labute approximate surface area is 132 Å². The maximum Gasteiger partial charge on any atom is 0.124 e. The summed E-state index contributed by atoms with van der Waals surface area (Å²) in [6.07, 6.45) is 0.945. The van der Waals surface area contributed by atoms with Gasteiger partial charge in [0.15, 0.2) is 0 Å². The standard InChI is InChI=1S/C15H14Cl2N2S/c1-10-3-2-4-12-15(10)18-14(9-16)19(12)8-7-11-5-6-13(17)20-11/h2-6H,7-9H2,1H3. The van der Waals surface area contributed by atoms with Crippen molar-refractivity contribution >= 4 is 45.6 Å². The second-order valence-corrected chi connectivity index (χ2v) is 6.78. The van der Waals surface area contributed by atoms with E-state index in [1.807, 2.05) is 6.07 Å². The molecule has 2 heterocycles. The van der Waals surface area contributed by atoms with E-state index in [0.29, 0.717) is 5.88 Å². The fourth-order valence-electron chi connectivity index (χ4n) is 2.39. The monoisotopic (exact) mass is 324 g/mol. The Morgan fingerprint density at radius 3 is 2.80 bits per heavy atom.